The first-order chi connectivity index (χ1) is 14.1. The van der Waals surface area contributed by atoms with Crippen LogP contribution < -0.4 is 15.4 Å². The molecule has 0 fully saturated rings. The molecule has 0 saturated carbocycles. The summed E-state index contributed by atoms with van der Waals surface area (Å²) in [6, 6.07) is 16.0. The molecule has 1 aromatic heterocycles. The summed E-state index contributed by atoms with van der Waals surface area (Å²) in [5.41, 5.74) is 4.01. The second-order valence-electron chi connectivity index (χ2n) is 6.82. The van der Waals surface area contributed by atoms with Crippen molar-refractivity contribution in [2.24, 2.45) is 4.99 Å². The molecule has 1 unspecified atom stereocenters. The number of methoxy groups -OCH3 is 1. The number of oxazole rings is 1. The highest BCUT2D eigenvalue weighted by molar-refractivity contribution is 14.0. The highest BCUT2D eigenvalue weighted by Gasteiger charge is 2.13. The number of guanidine groups is 1. The molecule has 2 aromatic carbocycles. The number of nitrogens with one attached hydrogen (secondary N) is 2. The molecule has 3 aromatic rings. The molecule has 160 valence electrons. The third-order valence-electron chi connectivity index (χ3n) is 4.52. The number of hydrogen-bond donors (Lipinski definition) is 2. The van der Waals surface area contributed by atoms with Crippen LogP contribution in [0.5, 0.6) is 5.75 Å². The van der Waals surface area contributed by atoms with Crippen molar-refractivity contribution in [2.75, 3.05) is 13.7 Å². The van der Waals surface area contributed by atoms with E-state index < -0.39 is 0 Å². The van der Waals surface area contributed by atoms with E-state index in [0.717, 1.165) is 29.1 Å². The number of aromatic nitrogens is 1. The maximum absolute atomic E-state index is 5.60. The lowest BCUT2D eigenvalue weighted by molar-refractivity contribution is 0.405. The molecule has 6 nitrogen and oxygen atoms in total. The molecular weight excluding hydrogens is 491 g/mol. The standard InChI is InChI=1S/C23H28N4O2.HI/c1-5-24-23(26-17(3)20-13-16(2)11-12-21(20)28-4)25-14-19-15-29-22(27-19)18-9-7-6-8-10-18;/h6-13,15,17H,5,14H2,1-4H3,(H2,24,25,26);1H. The Labute approximate surface area is 195 Å². The van der Waals surface area contributed by atoms with Crippen molar-refractivity contribution in [3.63, 3.8) is 0 Å². The number of aliphatic imine (C=N–C) groups is 1. The van der Waals surface area contributed by atoms with Gasteiger partial charge in [0.2, 0.25) is 5.89 Å². The van der Waals surface area contributed by atoms with E-state index >= 15 is 0 Å². The van der Waals surface area contributed by atoms with Gasteiger partial charge in [0.15, 0.2) is 5.96 Å². The van der Waals surface area contributed by atoms with Gasteiger partial charge in [0.1, 0.15) is 17.7 Å². The summed E-state index contributed by atoms with van der Waals surface area (Å²) in [4.78, 5) is 9.20. The Bertz CT molecular complexity index is 957. The van der Waals surface area contributed by atoms with Crippen molar-refractivity contribution in [3.05, 3.63) is 71.6 Å². The van der Waals surface area contributed by atoms with E-state index in [9.17, 15) is 0 Å². The van der Waals surface area contributed by atoms with Crippen molar-refractivity contribution in [1.29, 1.82) is 0 Å². The maximum Gasteiger partial charge on any atom is 0.226 e. The molecule has 0 aliphatic heterocycles. The lowest BCUT2D eigenvalue weighted by Gasteiger charge is -2.20. The van der Waals surface area contributed by atoms with Crippen molar-refractivity contribution >= 4 is 29.9 Å². The van der Waals surface area contributed by atoms with Gasteiger partial charge in [-0.1, -0.05) is 35.9 Å². The van der Waals surface area contributed by atoms with Crippen molar-refractivity contribution in [2.45, 2.75) is 33.4 Å². The molecule has 0 aliphatic rings. The first-order valence-corrected chi connectivity index (χ1v) is 9.80. The summed E-state index contributed by atoms with van der Waals surface area (Å²) in [7, 11) is 1.69. The Balaban J connectivity index is 0.00000320. The Morgan fingerprint density at radius 1 is 1.20 bits per heavy atom. The van der Waals surface area contributed by atoms with E-state index in [4.69, 9.17) is 9.15 Å². The van der Waals surface area contributed by atoms with E-state index in [1.807, 2.05) is 49.4 Å². The van der Waals surface area contributed by atoms with Crippen molar-refractivity contribution in [3.8, 4) is 17.2 Å². The molecule has 30 heavy (non-hydrogen) atoms. The summed E-state index contributed by atoms with van der Waals surface area (Å²) < 4.78 is 11.1. The first-order valence-electron chi connectivity index (χ1n) is 9.80. The van der Waals surface area contributed by atoms with Gasteiger partial charge >= 0.3 is 0 Å². The molecule has 0 bridgehead atoms. The van der Waals surface area contributed by atoms with Crippen LogP contribution in [0.2, 0.25) is 0 Å². The van der Waals surface area contributed by atoms with Gasteiger partial charge in [0, 0.05) is 17.7 Å². The largest absolute Gasteiger partial charge is 0.496 e. The smallest absolute Gasteiger partial charge is 0.226 e. The monoisotopic (exact) mass is 520 g/mol. The van der Waals surface area contributed by atoms with E-state index in [2.05, 4.69) is 40.5 Å². The van der Waals surface area contributed by atoms with Gasteiger partial charge in [0.25, 0.3) is 0 Å². The number of rotatable bonds is 7. The highest BCUT2D eigenvalue weighted by Crippen LogP contribution is 2.26. The van der Waals surface area contributed by atoms with Crippen LogP contribution in [0.1, 0.15) is 36.7 Å². The second kappa shape index (κ2) is 11.6. The van der Waals surface area contributed by atoms with E-state index in [1.165, 1.54) is 5.56 Å². The third kappa shape index (κ3) is 6.22. The number of halogens is 1. The molecule has 2 N–H and O–H groups in total. The quantitative estimate of drug-likeness (QED) is 0.258. The van der Waals surface area contributed by atoms with Gasteiger partial charge in [-0.3, -0.25) is 0 Å². The zero-order chi connectivity index (χ0) is 20.6. The van der Waals surface area contributed by atoms with Crippen molar-refractivity contribution < 1.29 is 9.15 Å². The SMILES string of the molecule is CCNC(=NCc1coc(-c2ccccc2)n1)NC(C)c1cc(C)ccc1OC.I. The molecule has 0 spiro atoms. The van der Waals surface area contributed by atoms with Gasteiger partial charge < -0.3 is 19.8 Å². The minimum Gasteiger partial charge on any atom is -0.496 e. The van der Waals surface area contributed by atoms with Crippen LogP contribution in [-0.4, -0.2) is 24.6 Å². The van der Waals surface area contributed by atoms with Crippen LogP contribution in [0.15, 0.2) is 64.2 Å². The van der Waals surface area contributed by atoms with Crippen LogP contribution in [0.25, 0.3) is 11.5 Å². The fraction of sp³-hybridized carbons (Fsp3) is 0.304. The first kappa shape index (κ1) is 23.7. The van der Waals surface area contributed by atoms with Crippen molar-refractivity contribution in [1.82, 2.24) is 15.6 Å². The number of aryl methyl sites for hydroxylation is 1. The zero-order valence-electron chi connectivity index (χ0n) is 17.8. The van der Waals surface area contributed by atoms with E-state index in [1.54, 1.807) is 13.4 Å². The third-order valence-corrected chi connectivity index (χ3v) is 4.52. The number of ether oxygens (including phenoxy) is 1. The summed E-state index contributed by atoms with van der Waals surface area (Å²) in [5, 5.41) is 6.73. The van der Waals surface area contributed by atoms with Gasteiger partial charge in [-0.15, -0.1) is 24.0 Å². The summed E-state index contributed by atoms with van der Waals surface area (Å²) in [5.74, 6) is 2.18. The molecular formula is C23H29IN4O2. The summed E-state index contributed by atoms with van der Waals surface area (Å²) in [6.07, 6.45) is 1.66. The Morgan fingerprint density at radius 3 is 2.67 bits per heavy atom. The topological polar surface area (TPSA) is 71.7 Å². The van der Waals surface area contributed by atoms with Crippen LogP contribution in [0.4, 0.5) is 0 Å². The number of nitrogens with zero attached hydrogens (tertiary/aromatic N) is 2. The van der Waals surface area contributed by atoms with Crippen LogP contribution in [0, 0.1) is 6.92 Å². The van der Waals surface area contributed by atoms with Crippen LogP contribution >= 0.6 is 24.0 Å². The molecule has 1 heterocycles. The molecule has 7 heteroatoms. The zero-order valence-corrected chi connectivity index (χ0v) is 20.1. The highest BCUT2D eigenvalue weighted by atomic mass is 127. The van der Waals surface area contributed by atoms with E-state index in [-0.39, 0.29) is 30.0 Å². The number of hydrogen-bond acceptors (Lipinski definition) is 4. The van der Waals surface area contributed by atoms with Crippen LogP contribution in [0.3, 0.4) is 0 Å². The maximum atomic E-state index is 5.60. The fourth-order valence-electron chi connectivity index (χ4n) is 3.05. The van der Waals surface area contributed by atoms with Gasteiger partial charge in [-0.05, 0) is 39.0 Å². The molecule has 0 aliphatic carbocycles. The molecule has 0 amide bonds. The predicted octanol–water partition coefficient (Wildman–Crippen LogP) is 5.09. The average Bonchev–Trinajstić information content (AvgIpc) is 3.22. The summed E-state index contributed by atoms with van der Waals surface area (Å²) in [6.45, 7) is 7.39. The summed E-state index contributed by atoms with van der Waals surface area (Å²) >= 11 is 0. The van der Waals surface area contributed by atoms with Gasteiger partial charge in [-0.25, -0.2) is 9.98 Å². The molecule has 0 saturated heterocycles. The lowest BCUT2D eigenvalue weighted by atomic mass is 10.0. The Kier molecular flexibility index (Phi) is 9.16. The second-order valence-corrected chi connectivity index (χ2v) is 6.82. The van der Waals surface area contributed by atoms with E-state index in [0.29, 0.717) is 18.4 Å². The van der Waals surface area contributed by atoms with Gasteiger partial charge in [-0.2, -0.15) is 0 Å². The Morgan fingerprint density at radius 2 is 1.97 bits per heavy atom. The van der Waals surface area contributed by atoms with Crippen LogP contribution in [-0.2, 0) is 6.54 Å². The lowest BCUT2D eigenvalue weighted by Crippen LogP contribution is -2.38. The van der Waals surface area contributed by atoms with Gasteiger partial charge in [0.05, 0.1) is 19.7 Å². The normalized spacial score (nSPS) is 12.1. The molecule has 1 atom stereocenters. The minimum absolute atomic E-state index is 0. The average molecular weight is 520 g/mol. The predicted molar refractivity (Wildman–Crippen MR) is 131 cm³/mol. The molecule has 3 rings (SSSR count). The Hall–Kier alpha value is -2.55. The molecule has 0 radical (unpaired) electrons. The fourth-order valence-corrected chi connectivity index (χ4v) is 3.05. The number of benzene rings is 2. The minimum atomic E-state index is 0.